The molecule has 18 heavy (non-hydrogen) atoms. The molecular formula is C18H20. The van der Waals surface area contributed by atoms with E-state index in [9.17, 15) is 0 Å². The minimum absolute atomic E-state index is 0.833. The maximum Gasteiger partial charge on any atom is -0.0149 e. The van der Waals surface area contributed by atoms with E-state index in [1.807, 2.05) is 0 Å². The van der Waals surface area contributed by atoms with Crippen LogP contribution in [0, 0.1) is 5.92 Å². The molecule has 2 aromatic rings. The summed E-state index contributed by atoms with van der Waals surface area (Å²) in [6.07, 6.45) is 5.07. The van der Waals surface area contributed by atoms with Crippen molar-refractivity contribution in [1.82, 2.24) is 0 Å². The Hall–Kier alpha value is -1.56. The average Bonchev–Trinajstić information content (AvgIpc) is 2.42. The van der Waals surface area contributed by atoms with E-state index < -0.39 is 0 Å². The topological polar surface area (TPSA) is 0 Å². The molecule has 0 aromatic heterocycles. The van der Waals surface area contributed by atoms with Crippen molar-refractivity contribution in [1.29, 1.82) is 0 Å². The Kier molecular flexibility index (Phi) is 3.19. The summed E-state index contributed by atoms with van der Waals surface area (Å²) in [5.41, 5.74) is 5.94. The Morgan fingerprint density at radius 3 is 2.22 bits per heavy atom. The van der Waals surface area contributed by atoms with Gasteiger partial charge in [-0.05, 0) is 47.4 Å². The monoisotopic (exact) mass is 236 g/mol. The first-order valence-electron chi connectivity index (χ1n) is 7.04. The summed E-state index contributed by atoms with van der Waals surface area (Å²) in [7, 11) is 0. The lowest BCUT2D eigenvalue weighted by Crippen LogP contribution is -2.09. The van der Waals surface area contributed by atoms with Crippen molar-refractivity contribution in [3.63, 3.8) is 0 Å². The molecule has 0 saturated carbocycles. The summed E-state index contributed by atoms with van der Waals surface area (Å²) in [4.78, 5) is 0. The molecule has 0 N–H and O–H groups in total. The van der Waals surface area contributed by atoms with Crippen LogP contribution in [0.25, 0.3) is 11.1 Å². The maximum absolute atomic E-state index is 2.32. The highest BCUT2D eigenvalue weighted by Gasteiger charge is 2.17. The summed E-state index contributed by atoms with van der Waals surface area (Å²) in [6, 6.07) is 17.8. The third-order valence-corrected chi connectivity index (χ3v) is 4.23. The van der Waals surface area contributed by atoms with Gasteiger partial charge in [0.15, 0.2) is 0 Å². The zero-order valence-electron chi connectivity index (χ0n) is 11.0. The highest BCUT2D eigenvalue weighted by Crippen LogP contribution is 2.33. The highest BCUT2D eigenvalue weighted by atomic mass is 14.2. The van der Waals surface area contributed by atoms with E-state index in [0.29, 0.717) is 0 Å². The minimum atomic E-state index is 0.833. The third-order valence-electron chi connectivity index (χ3n) is 4.23. The molecule has 1 atom stereocenters. The van der Waals surface area contributed by atoms with Gasteiger partial charge in [0.25, 0.3) is 0 Å². The van der Waals surface area contributed by atoms with E-state index in [0.717, 1.165) is 5.92 Å². The molecule has 0 nitrogen and oxygen atoms in total. The largest absolute Gasteiger partial charge is 0.0651 e. The molecule has 0 spiro atoms. The van der Waals surface area contributed by atoms with Crippen molar-refractivity contribution in [2.24, 2.45) is 5.92 Å². The van der Waals surface area contributed by atoms with Crippen molar-refractivity contribution in [3.05, 3.63) is 59.7 Å². The van der Waals surface area contributed by atoms with Crippen LogP contribution in [0.1, 0.15) is 30.9 Å². The lowest BCUT2D eigenvalue weighted by Gasteiger charge is -2.22. The number of benzene rings is 2. The van der Waals surface area contributed by atoms with Crippen LogP contribution in [0.2, 0.25) is 0 Å². The molecule has 1 aliphatic carbocycles. The van der Waals surface area contributed by atoms with Gasteiger partial charge in [0.05, 0.1) is 0 Å². The second-order valence-electron chi connectivity index (χ2n) is 5.33. The van der Waals surface area contributed by atoms with Crippen LogP contribution in [-0.2, 0) is 12.8 Å². The van der Waals surface area contributed by atoms with Crippen LogP contribution in [0.5, 0.6) is 0 Å². The van der Waals surface area contributed by atoms with Gasteiger partial charge in [-0.3, -0.25) is 0 Å². The smallest absolute Gasteiger partial charge is 0.0149 e. The van der Waals surface area contributed by atoms with Crippen molar-refractivity contribution in [2.75, 3.05) is 0 Å². The van der Waals surface area contributed by atoms with Gasteiger partial charge >= 0.3 is 0 Å². The van der Waals surface area contributed by atoms with E-state index in [-0.39, 0.29) is 0 Å². The minimum Gasteiger partial charge on any atom is -0.0651 e. The molecule has 1 aliphatic rings. The van der Waals surface area contributed by atoms with Gasteiger partial charge in [0.1, 0.15) is 0 Å². The number of hydrogen-bond donors (Lipinski definition) is 0. The zero-order chi connectivity index (χ0) is 12.4. The first-order valence-corrected chi connectivity index (χ1v) is 7.04. The molecule has 1 unspecified atom stereocenters. The Morgan fingerprint density at radius 2 is 1.50 bits per heavy atom. The van der Waals surface area contributed by atoms with Gasteiger partial charge in [0, 0.05) is 0 Å². The molecule has 2 aromatic carbocycles. The summed E-state index contributed by atoms with van der Waals surface area (Å²) in [6.45, 7) is 2.32. The van der Waals surface area contributed by atoms with Gasteiger partial charge in [-0.15, -0.1) is 0 Å². The summed E-state index contributed by atoms with van der Waals surface area (Å²) in [5.74, 6) is 0.833. The normalized spacial score (nSPS) is 18.4. The molecule has 0 amide bonds. The quantitative estimate of drug-likeness (QED) is 0.662. The highest BCUT2D eigenvalue weighted by molar-refractivity contribution is 5.71. The fourth-order valence-electron chi connectivity index (χ4n) is 3.08. The summed E-state index contributed by atoms with van der Waals surface area (Å²) in [5, 5.41) is 0. The van der Waals surface area contributed by atoms with Gasteiger partial charge in [-0.2, -0.15) is 0 Å². The standard InChI is InChI=1S/C18H20/c1-2-14-11-12-15-7-3-5-9-17(15)18-10-6-4-8-16(18)13-14/h3-10,14H,2,11-13H2,1H3. The Balaban J connectivity index is 2.15. The van der Waals surface area contributed by atoms with Crippen molar-refractivity contribution < 1.29 is 0 Å². The van der Waals surface area contributed by atoms with Crippen molar-refractivity contribution in [2.45, 2.75) is 32.6 Å². The fourth-order valence-corrected chi connectivity index (χ4v) is 3.08. The predicted molar refractivity (Wildman–Crippen MR) is 77.7 cm³/mol. The number of aryl methyl sites for hydroxylation is 1. The fraction of sp³-hybridized carbons (Fsp3) is 0.333. The second-order valence-corrected chi connectivity index (χ2v) is 5.33. The molecule has 0 aliphatic heterocycles. The van der Waals surface area contributed by atoms with Crippen LogP contribution >= 0.6 is 0 Å². The summed E-state index contributed by atoms with van der Waals surface area (Å²) >= 11 is 0. The Morgan fingerprint density at radius 1 is 0.889 bits per heavy atom. The molecule has 0 heteroatoms. The average molecular weight is 236 g/mol. The Bertz CT molecular complexity index is 539. The molecule has 0 saturated heterocycles. The lowest BCUT2D eigenvalue weighted by atomic mass is 9.82. The van der Waals surface area contributed by atoms with Crippen molar-refractivity contribution in [3.8, 4) is 11.1 Å². The third kappa shape index (κ3) is 2.08. The van der Waals surface area contributed by atoms with E-state index in [1.165, 1.54) is 47.9 Å². The van der Waals surface area contributed by atoms with E-state index in [4.69, 9.17) is 0 Å². The number of fused-ring (bicyclic) bond motifs is 3. The first kappa shape index (κ1) is 11.5. The molecule has 3 rings (SSSR count). The molecule has 0 bridgehead atoms. The molecular weight excluding hydrogens is 216 g/mol. The van der Waals surface area contributed by atoms with Crippen LogP contribution < -0.4 is 0 Å². The molecule has 0 radical (unpaired) electrons. The first-order chi connectivity index (χ1) is 8.88. The summed E-state index contributed by atoms with van der Waals surface area (Å²) < 4.78 is 0. The number of hydrogen-bond acceptors (Lipinski definition) is 0. The van der Waals surface area contributed by atoms with Gasteiger partial charge in [0.2, 0.25) is 0 Å². The SMILES string of the molecule is CCC1CCc2ccccc2-c2ccccc2C1. The van der Waals surface area contributed by atoms with Gasteiger partial charge in [-0.1, -0.05) is 61.9 Å². The van der Waals surface area contributed by atoms with Gasteiger partial charge in [-0.25, -0.2) is 0 Å². The van der Waals surface area contributed by atoms with Crippen LogP contribution in [0.15, 0.2) is 48.5 Å². The molecule has 0 heterocycles. The van der Waals surface area contributed by atoms with Crippen LogP contribution in [0.4, 0.5) is 0 Å². The van der Waals surface area contributed by atoms with Crippen LogP contribution in [-0.4, -0.2) is 0 Å². The van der Waals surface area contributed by atoms with Crippen LogP contribution in [0.3, 0.4) is 0 Å². The molecule has 92 valence electrons. The predicted octanol–water partition coefficient (Wildman–Crippen LogP) is 4.87. The molecule has 0 fully saturated rings. The van der Waals surface area contributed by atoms with E-state index in [2.05, 4.69) is 55.5 Å². The maximum atomic E-state index is 2.32. The van der Waals surface area contributed by atoms with E-state index in [1.54, 1.807) is 0 Å². The number of rotatable bonds is 1. The van der Waals surface area contributed by atoms with Gasteiger partial charge < -0.3 is 0 Å². The lowest BCUT2D eigenvalue weighted by molar-refractivity contribution is 0.466. The van der Waals surface area contributed by atoms with Crippen molar-refractivity contribution >= 4 is 0 Å². The Labute approximate surface area is 110 Å². The zero-order valence-corrected chi connectivity index (χ0v) is 11.0. The van der Waals surface area contributed by atoms with E-state index >= 15 is 0 Å². The second kappa shape index (κ2) is 4.97.